The van der Waals surface area contributed by atoms with Crippen LogP contribution >= 0.6 is 34.8 Å². The van der Waals surface area contributed by atoms with Crippen LogP contribution in [0, 0.1) is 12.8 Å². The number of rotatable bonds is 22. The number of benzene rings is 4. The van der Waals surface area contributed by atoms with Crippen LogP contribution in [0.2, 0.25) is 15.5 Å². The molecule has 0 amide bonds. The second-order valence-electron chi connectivity index (χ2n) is 26.4. The Morgan fingerprint density at radius 1 is 0.555 bits per heavy atom. The predicted octanol–water partition coefficient (Wildman–Crippen LogP) is 16.8. The van der Waals surface area contributed by atoms with Crippen molar-refractivity contribution in [2.45, 2.75) is 62.3 Å². The monoisotopic (exact) mass is 1590 g/mol. The van der Waals surface area contributed by atoms with Gasteiger partial charge in [-0.2, -0.15) is 17.9 Å². The number of halogens is 6. The lowest BCUT2D eigenvalue weighted by atomic mass is 9.94. The standard InChI is InChI=1S/C80H61Cl3F3N13O8S3/c1-43-24-51(31-68(81)89-43)58-34-61-65(100)37-71(98-109(104)41-44-10-6-7-11-44)92-78(61)96-75(58)50-17-9-13-46(26-50)28-55-30-53(33-70(83)91-55)60-36-63-76(102)64(97-108(103)42-47-18-23-67(87-39-47)80(84,85)86)40-88-77(63)94-74(60)49-16-8-12-45(25-49)27-54-29-52(32-69(82)90-54)59-35-62-66(101)38-72(93-79(62)95-73(59)48-14-4-3-5-15-48)99-110(105,106)57-21-19-56(107-2)20-22-57/h3-5,8-9,12-26,29-40,44,97H,6-7,10-11,27-28,41-42H2,1-2H3,(H,88,94,102)(H2,92,96,98,100)(H2,93,95,99,101). The van der Waals surface area contributed by atoms with Crippen LogP contribution in [0.25, 0.3) is 100 Å². The first kappa shape index (κ1) is 74.5. The third-order valence-corrected chi connectivity index (χ3v) is 22.8. The highest BCUT2D eigenvalue weighted by atomic mass is 35.5. The Bertz CT molecular complexity index is 6220. The number of ether oxygens (including phenoxy) is 1. The van der Waals surface area contributed by atoms with Crippen LogP contribution in [-0.2, 0) is 57.5 Å². The highest BCUT2D eigenvalue weighted by Gasteiger charge is 2.33. The van der Waals surface area contributed by atoms with Crippen LogP contribution in [0.4, 0.5) is 30.5 Å². The van der Waals surface area contributed by atoms with Gasteiger partial charge in [-0.1, -0.05) is 120 Å². The van der Waals surface area contributed by atoms with Crippen LogP contribution in [-0.4, -0.2) is 80.2 Å². The van der Waals surface area contributed by atoms with Gasteiger partial charge in [-0.25, -0.2) is 43.0 Å². The summed E-state index contributed by atoms with van der Waals surface area (Å²) in [5.41, 5.74) is 7.66. The van der Waals surface area contributed by atoms with Gasteiger partial charge in [0.15, 0.2) is 22.4 Å². The normalized spacial score (nSPS) is 13.3. The van der Waals surface area contributed by atoms with Gasteiger partial charge in [-0.3, -0.25) is 24.1 Å². The van der Waals surface area contributed by atoms with Crippen LogP contribution < -0.4 is 35.2 Å². The van der Waals surface area contributed by atoms with Crippen molar-refractivity contribution in [1.82, 2.24) is 49.8 Å². The number of nitrogens with one attached hydrogen (secondary N) is 6. The summed E-state index contributed by atoms with van der Waals surface area (Å²) in [4.78, 5) is 84.7. The third-order valence-electron chi connectivity index (χ3n) is 18.6. The first-order chi connectivity index (χ1) is 52.9. The number of aryl methyl sites for hydroxylation is 1. The fourth-order valence-corrected chi connectivity index (χ4v) is 17.4. The number of aromatic amines is 3. The van der Waals surface area contributed by atoms with E-state index >= 15 is 0 Å². The molecule has 0 spiro atoms. The first-order valence-electron chi connectivity index (χ1n) is 34.3. The van der Waals surface area contributed by atoms with Crippen molar-refractivity contribution in [3.63, 3.8) is 0 Å². The Morgan fingerprint density at radius 2 is 1.09 bits per heavy atom. The van der Waals surface area contributed by atoms with Gasteiger partial charge in [-0.05, 0) is 145 Å². The van der Waals surface area contributed by atoms with E-state index in [4.69, 9.17) is 64.5 Å². The zero-order valence-corrected chi connectivity index (χ0v) is 62.8. The minimum absolute atomic E-state index is 0.0619. The lowest BCUT2D eigenvalue weighted by Gasteiger charge is -2.16. The Kier molecular flexibility index (Phi) is 21.1. The Hall–Kier alpha value is -11.0. The van der Waals surface area contributed by atoms with E-state index in [1.807, 2.05) is 104 Å². The number of fused-ring (bicyclic) bond motifs is 3. The van der Waals surface area contributed by atoms with E-state index in [0.29, 0.717) is 107 Å². The van der Waals surface area contributed by atoms with Gasteiger partial charge in [0.05, 0.1) is 68.0 Å². The smallest absolute Gasteiger partial charge is 0.433 e. The second kappa shape index (κ2) is 31.2. The highest BCUT2D eigenvalue weighted by Crippen LogP contribution is 2.40. The number of H-pyrrole nitrogens is 3. The molecule has 0 saturated heterocycles. The summed E-state index contributed by atoms with van der Waals surface area (Å²) in [6.45, 7) is 1.81. The molecule has 2 atom stereocenters. The van der Waals surface area contributed by atoms with Crippen molar-refractivity contribution in [3.8, 4) is 72.9 Å². The molecule has 1 aliphatic rings. The van der Waals surface area contributed by atoms with Crippen LogP contribution in [0.3, 0.4) is 0 Å². The molecular weight excluding hydrogens is 1530 g/mol. The number of hydrogen-bond donors (Lipinski definition) is 6. The lowest BCUT2D eigenvalue weighted by molar-refractivity contribution is -0.141. The SMILES string of the molecule is COc1ccc(S(=O)(=O)Nc2cc(=O)c3cc(-c4cc(Cl)nc(Cc5cccc(-c6nc7[nH]cc(N[S+]([O-])Cc8ccc(C(F)(F)F)nc8)c(=O)c7cc6-c6cc(Cl)nc(Cc7cccc(-c8nc9[nH]c(N[S+]([O-])CC%10CCCC%10)cc(=O)c9cc8-c8cc(C)nc(Cl)c8)c7)c6)c5)c4)c(-c4ccccc4)nc3[nH]2)cc1. The molecule has 10 heterocycles. The van der Waals surface area contributed by atoms with Gasteiger partial charge in [-0.15, -0.1) is 0 Å². The summed E-state index contributed by atoms with van der Waals surface area (Å²) in [5.74, 6) is 1.10. The summed E-state index contributed by atoms with van der Waals surface area (Å²) >= 11 is 17.1. The highest BCUT2D eigenvalue weighted by molar-refractivity contribution is 7.93. The van der Waals surface area contributed by atoms with E-state index in [9.17, 15) is 45.1 Å². The molecule has 0 radical (unpaired) electrons. The molecule has 2 unspecified atom stereocenters. The van der Waals surface area contributed by atoms with Crippen molar-refractivity contribution in [2.24, 2.45) is 5.92 Å². The molecule has 10 aromatic heterocycles. The maximum Gasteiger partial charge on any atom is 0.433 e. The van der Waals surface area contributed by atoms with Gasteiger partial charge >= 0.3 is 6.18 Å². The molecule has 1 aliphatic carbocycles. The molecule has 14 aromatic rings. The van der Waals surface area contributed by atoms with Crippen LogP contribution in [0.5, 0.6) is 5.75 Å². The van der Waals surface area contributed by atoms with E-state index in [2.05, 4.69) is 39.1 Å². The van der Waals surface area contributed by atoms with E-state index < -0.39 is 55.5 Å². The van der Waals surface area contributed by atoms with E-state index in [0.717, 1.165) is 61.2 Å². The minimum atomic E-state index is -4.68. The topological polar surface area (TPSA) is 314 Å². The second-order valence-corrected chi connectivity index (χ2v) is 31.7. The average Bonchev–Trinajstić information content (AvgIpc) is 0.794. The molecule has 0 bridgehead atoms. The molecule has 1 fully saturated rings. The summed E-state index contributed by atoms with van der Waals surface area (Å²) in [6, 6.07) is 50.2. The van der Waals surface area contributed by atoms with Gasteiger partial charge in [0.25, 0.3) is 10.0 Å². The van der Waals surface area contributed by atoms with Crippen LogP contribution in [0.15, 0.2) is 214 Å². The Labute approximate surface area is 646 Å². The van der Waals surface area contributed by atoms with E-state index in [1.54, 1.807) is 36.4 Å². The molecular formula is C80H61Cl3F3N13O8S3. The summed E-state index contributed by atoms with van der Waals surface area (Å²) < 4.78 is 108. The van der Waals surface area contributed by atoms with Gasteiger partial charge in [0, 0.05) is 99.3 Å². The Balaban J connectivity index is 0.786. The number of sulfonamides is 1. The third kappa shape index (κ3) is 16.6. The molecule has 4 aromatic carbocycles. The van der Waals surface area contributed by atoms with Crippen molar-refractivity contribution in [2.75, 3.05) is 27.0 Å². The summed E-state index contributed by atoms with van der Waals surface area (Å²) in [7, 11) is -2.70. The van der Waals surface area contributed by atoms with Crippen LogP contribution in [0.1, 0.15) is 65.1 Å². The fourth-order valence-electron chi connectivity index (χ4n) is 13.5. The molecule has 110 heavy (non-hydrogen) atoms. The molecule has 15 rings (SSSR count). The summed E-state index contributed by atoms with van der Waals surface area (Å²) in [6.07, 6.45) is 2.20. The maximum atomic E-state index is 14.8. The molecule has 6 N–H and O–H groups in total. The van der Waals surface area contributed by atoms with E-state index in [-0.39, 0.29) is 95.0 Å². The largest absolute Gasteiger partial charge is 0.593 e. The summed E-state index contributed by atoms with van der Waals surface area (Å²) in [5, 5.41) is 0.973. The molecule has 30 heteroatoms. The predicted molar refractivity (Wildman–Crippen MR) is 426 cm³/mol. The zero-order chi connectivity index (χ0) is 76.7. The van der Waals surface area contributed by atoms with Gasteiger partial charge in [0.1, 0.15) is 61.1 Å². The average molecular weight is 1590 g/mol. The number of pyridine rings is 10. The Morgan fingerprint density at radius 3 is 1.65 bits per heavy atom. The molecule has 0 aliphatic heterocycles. The number of aromatic nitrogens is 10. The number of alkyl halides is 3. The number of anilines is 3. The molecule has 1 saturated carbocycles. The van der Waals surface area contributed by atoms with Crippen molar-refractivity contribution >= 4 is 118 Å². The first-order valence-corrected chi connectivity index (χ1v) is 39.6. The van der Waals surface area contributed by atoms with E-state index in [1.165, 1.54) is 43.6 Å². The minimum Gasteiger partial charge on any atom is -0.593 e. The van der Waals surface area contributed by atoms with Crippen molar-refractivity contribution < 1.29 is 35.4 Å². The quantitative estimate of drug-likeness (QED) is 0.0271. The van der Waals surface area contributed by atoms with Crippen molar-refractivity contribution in [3.05, 3.63) is 280 Å². The van der Waals surface area contributed by atoms with Gasteiger partial charge in [0.2, 0.25) is 5.43 Å². The zero-order valence-electron chi connectivity index (χ0n) is 58.1. The number of nitrogens with zero attached hydrogens (tertiary/aromatic N) is 7. The van der Waals surface area contributed by atoms with Gasteiger partial charge < -0.3 is 28.8 Å². The number of hydrogen-bond acceptors (Lipinski definition) is 17. The fraction of sp³-hybridized carbons (Fsp3) is 0.150. The lowest BCUT2D eigenvalue weighted by Crippen LogP contribution is -2.23. The number of methoxy groups -OCH3 is 1. The maximum absolute atomic E-state index is 14.8. The molecule has 21 nitrogen and oxygen atoms in total. The molecule has 554 valence electrons. The van der Waals surface area contributed by atoms with Crippen molar-refractivity contribution in [1.29, 1.82) is 0 Å².